The maximum absolute atomic E-state index is 9.72. The van der Waals surface area contributed by atoms with Crippen LogP contribution < -0.4 is 0 Å². The summed E-state index contributed by atoms with van der Waals surface area (Å²) in [6.45, 7) is 3.74. The van der Waals surface area contributed by atoms with Crippen LogP contribution in [0.3, 0.4) is 0 Å². The molecule has 99 valence electrons. The molecule has 0 spiro atoms. The maximum atomic E-state index is 9.72. The van der Waals surface area contributed by atoms with Gasteiger partial charge in [-0.15, -0.1) is 0 Å². The van der Waals surface area contributed by atoms with Crippen molar-refractivity contribution in [1.29, 1.82) is 0 Å². The van der Waals surface area contributed by atoms with Crippen molar-refractivity contribution in [3.8, 4) is 0 Å². The maximum Gasteiger partial charge on any atom is 0.186 e. The Morgan fingerprint density at radius 3 is 2.50 bits per heavy atom. The van der Waals surface area contributed by atoms with Crippen LogP contribution in [0.2, 0.25) is 0 Å². The molecule has 1 aromatic rings. The van der Waals surface area contributed by atoms with Gasteiger partial charge in [-0.3, -0.25) is 0 Å². The lowest BCUT2D eigenvalue weighted by molar-refractivity contribution is -0.279. The van der Waals surface area contributed by atoms with E-state index in [4.69, 9.17) is 9.47 Å². The molecule has 1 heterocycles. The second kappa shape index (κ2) is 5.77. The Bertz CT molecular complexity index is 369. The van der Waals surface area contributed by atoms with Crippen LogP contribution in [-0.4, -0.2) is 46.5 Å². The van der Waals surface area contributed by atoms with Crippen molar-refractivity contribution < 1.29 is 24.8 Å². The highest BCUT2D eigenvalue weighted by Gasteiger charge is 2.38. The van der Waals surface area contributed by atoms with Gasteiger partial charge in [0.15, 0.2) is 6.29 Å². The van der Waals surface area contributed by atoms with E-state index in [9.17, 15) is 15.3 Å². The summed E-state index contributed by atoms with van der Waals surface area (Å²) in [6, 6.07) is 9.28. The molecule has 1 saturated heterocycles. The summed E-state index contributed by atoms with van der Waals surface area (Å²) in [6.07, 6.45) is -5.17. The second-order valence-electron chi connectivity index (χ2n) is 4.29. The Kier molecular flexibility index (Phi) is 4.31. The third-order valence-electron chi connectivity index (χ3n) is 2.92. The quantitative estimate of drug-likeness (QED) is 0.707. The van der Waals surface area contributed by atoms with Crippen LogP contribution in [0, 0.1) is 6.92 Å². The van der Waals surface area contributed by atoms with Gasteiger partial charge in [-0.05, 0) is 12.5 Å². The number of hydrogen-bond acceptors (Lipinski definition) is 5. The minimum Gasteiger partial charge on any atom is -0.388 e. The highest BCUT2D eigenvalue weighted by molar-refractivity contribution is 5.18. The molecule has 1 radical (unpaired) electrons. The first kappa shape index (κ1) is 13.5. The number of aliphatic hydroxyl groups is 3. The number of ether oxygens (including phenoxy) is 2. The van der Waals surface area contributed by atoms with Gasteiger partial charge in [0.2, 0.25) is 0 Å². The fourth-order valence-corrected chi connectivity index (χ4v) is 1.81. The van der Waals surface area contributed by atoms with Gasteiger partial charge in [0.25, 0.3) is 0 Å². The number of hydrogen-bond donors (Lipinski definition) is 3. The molecule has 1 aliphatic rings. The van der Waals surface area contributed by atoms with Gasteiger partial charge in [-0.2, -0.15) is 0 Å². The Labute approximate surface area is 106 Å². The molecule has 0 aliphatic carbocycles. The highest BCUT2D eigenvalue weighted by atomic mass is 16.7. The van der Waals surface area contributed by atoms with E-state index in [1.165, 1.54) is 0 Å². The molecule has 0 aromatic heterocycles. The molecule has 2 rings (SSSR count). The monoisotopic (exact) mass is 253 g/mol. The van der Waals surface area contributed by atoms with Crippen molar-refractivity contribution >= 4 is 0 Å². The summed E-state index contributed by atoms with van der Waals surface area (Å²) in [4.78, 5) is 0. The molecule has 5 atom stereocenters. The lowest BCUT2D eigenvalue weighted by atomic mass is 10.1. The molecule has 0 bridgehead atoms. The zero-order valence-corrected chi connectivity index (χ0v) is 9.85. The largest absolute Gasteiger partial charge is 0.388 e. The molecular weight excluding hydrogens is 236 g/mol. The van der Waals surface area contributed by atoms with E-state index in [2.05, 4.69) is 6.92 Å². The van der Waals surface area contributed by atoms with Crippen molar-refractivity contribution in [3.05, 3.63) is 42.8 Å². The third-order valence-corrected chi connectivity index (χ3v) is 2.92. The number of rotatable bonds is 3. The standard InChI is InChI=1S/C13H17O5/c1-8(9-5-3-2-4-6-9)18-13-12(16)11(15)10(14)7-17-13/h2-6,8,10-16H,1,7H2/t8?,10-,11-,12+,13+/m0/s1. The van der Waals surface area contributed by atoms with Gasteiger partial charge >= 0.3 is 0 Å². The second-order valence-corrected chi connectivity index (χ2v) is 4.29. The van der Waals surface area contributed by atoms with E-state index >= 15 is 0 Å². The minimum absolute atomic E-state index is 0.0790. The highest BCUT2D eigenvalue weighted by Crippen LogP contribution is 2.23. The fraction of sp³-hybridized carbons (Fsp3) is 0.462. The summed E-state index contributed by atoms with van der Waals surface area (Å²) in [5.74, 6) is 0. The minimum atomic E-state index is -1.29. The molecule has 1 aliphatic heterocycles. The lowest BCUT2D eigenvalue weighted by Crippen LogP contribution is -2.53. The van der Waals surface area contributed by atoms with Crippen LogP contribution in [0.4, 0.5) is 0 Å². The molecule has 1 unspecified atom stereocenters. The molecular formula is C13H17O5. The Balaban J connectivity index is 1.97. The Morgan fingerprint density at radius 1 is 1.17 bits per heavy atom. The first-order valence-corrected chi connectivity index (χ1v) is 5.79. The molecule has 5 nitrogen and oxygen atoms in total. The summed E-state index contributed by atoms with van der Waals surface area (Å²) in [5.41, 5.74) is 0.842. The van der Waals surface area contributed by atoms with Gasteiger partial charge in [0, 0.05) is 0 Å². The van der Waals surface area contributed by atoms with E-state index in [0.717, 1.165) is 5.56 Å². The summed E-state index contributed by atoms with van der Waals surface area (Å²) in [5, 5.41) is 28.5. The van der Waals surface area contributed by atoms with E-state index in [1.807, 2.05) is 30.3 Å². The average molecular weight is 253 g/mol. The van der Waals surface area contributed by atoms with E-state index in [1.54, 1.807) is 0 Å². The lowest BCUT2D eigenvalue weighted by Gasteiger charge is -2.36. The van der Waals surface area contributed by atoms with Crippen LogP contribution in [0.1, 0.15) is 11.7 Å². The van der Waals surface area contributed by atoms with Crippen LogP contribution in [0.15, 0.2) is 30.3 Å². The van der Waals surface area contributed by atoms with Crippen LogP contribution in [0.5, 0.6) is 0 Å². The zero-order chi connectivity index (χ0) is 13.1. The van der Waals surface area contributed by atoms with E-state index < -0.39 is 30.7 Å². The Hall–Kier alpha value is -0.980. The first-order valence-electron chi connectivity index (χ1n) is 5.79. The molecule has 3 N–H and O–H groups in total. The topological polar surface area (TPSA) is 79.2 Å². The normalized spacial score (nSPS) is 34.2. The number of benzene rings is 1. The number of aliphatic hydroxyl groups excluding tert-OH is 3. The van der Waals surface area contributed by atoms with E-state index in [0.29, 0.717) is 0 Å². The molecule has 0 amide bonds. The van der Waals surface area contributed by atoms with Crippen molar-refractivity contribution in [2.24, 2.45) is 0 Å². The Morgan fingerprint density at radius 2 is 1.83 bits per heavy atom. The van der Waals surface area contributed by atoms with Gasteiger partial charge in [-0.25, -0.2) is 0 Å². The molecule has 0 saturated carbocycles. The van der Waals surface area contributed by atoms with Gasteiger partial charge in [-0.1, -0.05) is 30.3 Å². The molecule has 5 heteroatoms. The van der Waals surface area contributed by atoms with Gasteiger partial charge < -0.3 is 24.8 Å². The average Bonchev–Trinajstić information content (AvgIpc) is 2.40. The molecule has 1 fully saturated rings. The van der Waals surface area contributed by atoms with Crippen LogP contribution in [-0.2, 0) is 9.47 Å². The third kappa shape index (κ3) is 2.88. The zero-order valence-electron chi connectivity index (χ0n) is 9.85. The van der Waals surface area contributed by atoms with Crippen molar-refractivity contribution in [2.75, 3.05) is 6.61 Å². The van der Waals surface area contributed by atoms with Crippen molar-refractivity contribution in [2.45, 2.75) is 30.7 Å². The van der Waals surface area contributed by atoms with E-state index in [-0.39, 0.29) is 6.61 Å². The van der Waals surface area contributed by atoms with Gasteiger partial charge in [0.05, 0.1) is 12.7 Å². The van der Waals surface area contributed by atoms with Crippen molar-refractivity contribution in [3.63, 3.8) is 0 Å². The first-order chi connectivity index (χ1) is 8.59. The molecule has 18 heavy (non-hydrogen) atoms. The van der Waals surface area contributed by atoms with Crippen LogP contribution in [0.25, 0.3) is 0 Å². The summed E-state index contributed by atoms with van der Waals surface area (Å²) in [7, 11) is 0. The van der Waals surface area contributed by atoms with Gasteiger partial charge in [0.1, 0.15) is 18.3 Å². The predicted octanol–water partition coefficient (Wildman–Crippen LogP) is 0.0174. The SMILES string of the molecule is [CH2]C(O[C@H]1OC[C@H](O)[C@H](O)[C@H]1O)c1ccccc1. The van der Waals surface area contributed by atoms with Crippen molar-refractivity contribution in [1.82, 2.24) is 0 Å². The summed E-state index contributed by atoms with van der Waals surface area (Å²) < 4.78 is 10.6. The summed E-state index contributed by atoms with van der Waals surface area (Å²) >= 11 is 0. The molecule has 1 aromatic carbocycles. The van der Waals surface area contributed by atoms with Crippen LogP contribution >= 0.6 is 0 Å². The smallest absolute Gasteiger partial charge is 0.186 e. The fourth-order valence-electron chi connectivity index (χ4n) is 1.81. The predicted molar refractivity (Wildman–Crippen MR) is 63.4 cm³/mol.